The number of hydrogen-bond acceptors (Lipinski definition) is 15. The first-order valence-electron chi connectivity index (χ1n) is 22.0. The van der Waals surface area contributed by atoms with Gasteiger partial charge in [0.05, 0.1) is 18.3 Å². The number of thiazole rings is 1. The molecule has 68 heavy (non-hydrogen) atoms. The Kier molecular flexibility index (Phi) is 18.4. The number of imidazole rings is 1. The van der Waals surface area contributed by atoms with Gasteiger partial charge in [0.15, 0.2) is 13.4 Å². The molecule has 20 nitrogen and oxygen atoms in total. The van der Waals surface area contributed by atoms with Gasteiger partial charge in [-0.3, -0.25) is 5.32 Å². The zero-order valence-corrected chi connectivity index (χ0v) is 44.5. The smallest absolute Gasteiger partial charge is 0.437 e. The Balaban J connectivity index is 1.98. The second-order valence-electron chi connectivity index (χ2n) is 21.4. The van der Waals surface area contributed by atoms with E-state index in [-0.39, 0.29) is 34.6 Å². The number of carbonyl (C=O) groups is 5. The molecule has 3 aromatic rings. The number of carboxylic acids is 1. The number of rotatable bonds is 16. The maximum absolute atomic E-state index is 13.3. The minimum absolute atomic E-state index is 0.0462. The zero-order valence-electron chi connectivity index (χ0n) is 42.7. The number of nitrogens with zero attached hydrogens (tertiary/aromatic N) is 5. The fourth-order valence-corrected chi connectivity index (χ4v) is 7.54. The molecule has 2 atom stereocenters. The first-order chi connectivity index (χ1) is 30.9. The number of aliphatic carboxylic acids is 1. The highest BCUT2D eigenvalue weighted by Crippen LogP contribution is 2.37. The molecule has 0 spiro atoms. The summed E-state index contributed by atoms with van der Waals surface area (Å²) in [4.78, 5) is 77.9. The topological polar surface area (TPSA) is 242 Å². The van der Waals surface area contributed by atoms with Gasteiger partial charge in [-0.15, -0.1) is 16.3 Å². The standard InChI is InChI=1S/C46H71N7O13SSi/c1-42(2,3)61-36(56)33(65-51-34(35(54)55)31-27-67-37(48-31)49-40(58)63-44(7,8)9)26-60-29-21-19-28(20-22-29)32-25-53(38(52(32)16)50-41(59)64-45(10,11)12)24-30(66-68(17,18)46(13,14)15)23-47-39(57)62-43(4,5)6/h19-22,25,27,30,33H,23-24,26H2,1-18H3,(H,47,57)(H,54,55)(H,48,49,58)/b50-38?,51-34-/t30?,33-/m0/s1. The Morgan fingerprint density at radius 3 is 1.90 bits per heavy atom. The third-order valence-corrected chi connectivity index (χ3v) is 14.7. The molecular weight excluding hydrogens is 919 g/mol. The molecule has 0 bridgehead atoms. The van der Waals surface area contributed by atoms with Crippen molar-refractivity contribution in [1.82, 2.24) is 19.4 Å². The maximum atomic E-state index is 13.3. The van der Waals surface area contributed by atoms with Crippen LogP contribution in [0.1, 0.15) is 110 Å². The van der Waals surface area contributed by atoms with Crippen LogP contribution < -0.4 is 21.0 Å². The van der Waals surface area contributed by atoms with Crippen molar-refractivity contribution in [2.45, 2.75) is 163 Å². The summed E-state index contributed by atoms with van der Waals surface area (Å²) in [6, 6.07) is 6.82. The molecule has 0 fully saturated rings. The molecular formula is C46H71N7O13SSi. The molecule has 3 rings (SSSR count). The zero-order chi connectivity index (χ0) is 51.8. The second kappa shape index (κ2) is 22.1. The predicted octanol–water partition coefficient (Wildman–Crippen LogP) is 8.64. The first kappa shape index (κ1) is 56.6. The van der Waals surface area contributed by atoms with Crippen LogP contribution >= 0.6 is 11.3 Å². The third-order valence-electron chi connectivity index (χ3n) is 9.37. The molecule has 1 unspecified atom stereocenters. The summed E-state index contributed by atoms with van der Waals surface area (Å²) >= 11 is 0.931. The van der Waals surface area contributed by atoms with E-state index in [1.807, 2.05) is 6.20 Å². The van der Waals surface area contributed by atoms with E-state index >= 15 is 0 Å². The summed E-state index contributed by atoms with van der Waals surface area (Å²) in [5.74, 6) is -2.08. The van der Waals surface area contributed by atoms with E-state index in [1.54, 1.807) is 124 Å². The first-order valence-corrected chi connectivity index (χ1v) is 25.8. The summed E-state index contributed by atoms with van der Waals surface area (Å²) in [6.45, 7) is 31.0. The van der Waals surface area contributed by atoms with Crippen molar-refractivity contribution in [3.05, 3.63) is 47.2 Å². The number of amides is 3. The van der Waals surface area contributed by atoms with E-state index in [2.05, 4.69) is 59.6 Å². The summed E-state index contributed by atoms with van der Waals surface area (Å²) in [5.41, 5.74) is -2.46. The van der Waals surface area contributed by atoms with Crippen LogP contribution in [0.5, 0.6) is 5.75 Å². The number of aromatic nitrogens is 3. The van der Waals surface area contributed by atoms with Crippen LogP contribution in [0.25, 0.3) is 11.3 Å². The minimum atomic E-state index is -2.41. The number of hydrogen-bond donors (Lipinski definition) is 3. The van der Waals surface area contributed by atoms with Gasteiger partial charge in [-0.1, -0.05) is 25.9 Å². The number of carboxylic acid groups (broad SMARTS) is 1. The van der Waals surface area contributed by atoms with Gasteiger partial charge in [0.1, 0.15) is 40.5 Å². The number of oxime groups is 1. The summed E-state index contributed by atoms with van der Waals surface area (Å²) < 4.78 is 38.2. The maximum Gasteiger partial charge on any atom is 0.437 e. The summed E-state index contributed by atoms with van der Waals surface area (Å²) in [7, 11) is -0.664. The van der Waals surface area contributed by atoms with Crippen molar-refractivity contribution >= 4 is 60.7 Å². The summed E-state index contributed by atoms with van der Waals surface area (Å²) in [6.07, 6.45) is -2.46. The van der Waals surface area contributed by atoms with Crippen molar-refractivity contribution in [2.75, 3.05) is 18.5 Å². The Labute approximate surface area is 403 Å². The highest BCUT2D eigenvalue weighted by molar-refractivity contribution is 7.14. The third kappa shape index (κ3) is 18.7. The van der Waals surface area contributed by atoms with Gasteiger partial charge in [-0.25, -0.2) is 29.0 Å². The van der Waals surface area contributed by atoms with Gasteiger partial charge in [0, 0.05) is 25.2 Å². The van der Waals surface area contributed by atoms with Crippen molar-refractivity contribution in [2.24, 2.45) is 17.2 Å². The fraction of sp³-hybridized carbons (Fsp3) is 0.609. The van der Waals surface area contributed by atoms with Crippen molar-refractivity contribution in [3.63, 3.8) is 0 Å². The Hall–Kier alpha value is -5.74. The van der Waals surface area contributed by atoms with Crippen molar-refractivity contribution in [3.8, 4) is 17.0 Å². The van der Waals surface area contributed by atoms with Gasteiger partial charge >= 0.3 is 30.2 Å². The molecule has 2 aromatic heterocycles. The Morgan fingerprint density at radius 1 is 0.809 bits per heavy atom. The fourth-order valence-electron chi connectivity index (χ4n) is 5.51. The van der Waals surface area contributed by atoms with Crippen molar-refractivity contribution < 1.29 is 62.0 Å². The Bertz CT molecular complexity index is 2350. The molecule has 1 aromatic carbocycles. The van der Waals surface area contributed by atoms with Crippen LogP contribution in [0.3, 0.4) is 0 Å². The molecule has 0 aliphatic carbocycles. The lowest BCUT2D eigenvalue weighted by atomic mass is 10.1. The van der Waals surface area contributed by atoms with Crippen LogP contribution in [0.4, 0.5) is 19.5 Å². The molecule has 0 aliphatic heterocycles. The number of carbonyl (C=O) groups excluding carboxylic acids is 4. The lowest BCUT2D eigenvalue weighted by molar-refractivity contribution is -0.170. The molecule has 3 amide bonds. The van der Waals surface area contributed by atoms with E-state index in [1.165, 1.54) is 5.38 Å². The normalized spacial score (nSPS) is 14.1. The van der Waals surface area contributed by atoms with Gasteiger partial charge in [-0.05, 0) is 131 Å². The number of benzene rings is 1. The molecule has 0 saturated heterocycles. The van der Waals surface area contributed by atoms with Crippen LogP contribution in [0.15, 0.2) is 46.0 Å². The van der Waals surface area contributed by atoms with E-state index in [9.17, 15) is 29.1 Å². The number of ether oxygens (including phenoxy) is 5. The largest absolute Gasteiger partial charge is 0.489 e. The van der Waals surface area contributed by atoms with E-state index in [0.29, 0.717) is 17.0 Å². The van der Waals surface area contributed by atoms with Crippen molar-refractivity contribution in [1.29, 1.82) is 0 Å². The second-order valence-corrected chi connectivity index (χ2v) is 27.0. The highest BCUT2D eigenvalue weighted by Gasteiger charge is 2.40. The molecule has 0 saturated carbocycles. The van der Waals surface area contributed by atoms with Gasteiger partial charge < -0.3 is 52.5 Å². The monoisotopic (exact) mass is 989 g/mol. The van der Waals surface area contributed by atoms with E-state index in [4.69, 9.17) is 32.9 Å². The van der Waals surface area contributed by atoms with Gasteiger partial charge in [-0.2, -0.15) is 0 Å². The molecule has 3 N–H and O–H groups in total. The molecule has 378 valence electrons. The van der Waals surface area contributed by atoms with Crippen LogP contribution in [0, 0.1) is 0 Å². The minimum Gasteiger partial charge on any atom is -0.489 e. The average molecular weight is 990 g/mol. The highest BCUT2D eigenvalue weighted by atomic mass is 32.1. The van der Waals surface area contributed by atoms with E-state index in [0.717, 1.165) is 11.3 Å². The number of esters is 1. The van der Waals surface area contributed by atoms with Crippen LogP contribution in [-0.4, -0.2) is 111 Å². The predicted molar refractivity (Wildman–Crippen MR) is 259 cm³/mol. The molecule has 0 radical (unpaired) electrons. The lowest BCUT2D eigenvalue weighted by Gasteiger charge is -2.39. The summed E-state index contributed by atoms with van der Waals surface area (Å²) in [5, 5.41) is 20.3. The number of anilines is 1. The molecule has 0 aliphatic rings. The van der Waals surface area contributed by atoms with Crippen LogP contribution in [-0.2, 0) is 51.4 Å². The molecule has 2 heterocycles. The average Bonchev–Trinajstić information content (AvgIpc) is 3.71. The quantitative estimate of drug-likeness (QED) is 0.0400. The van der Waals surface area contributed by atoms with E-state index < -0.39 is 85.5 Å². The van der Waals surface area contributed by atoms with Crippen LogP contribution in [0.2, 0.25) is 18.1 Å². The molecule has 22 heteroatoms. The SMILES string of the molecule is Cn1c(-c2ccc(OC[C@H](O/N=C(\C(=O)O)c3csc(NC(=O)OC(C)(C)C)n3)C(=O)OC(C)(C)C)cc2)cn(CC(CNC(=O)OC(C)(C)C)O[Si](C)(C)C(C)(C)C)c1=NC(=O)OC(C)(C)C. The number of alkyl carbamates (subject to hydrolysis) is 1. The van der Waals surface area contributed by atoms with Gasteiger partial charge in [0.2, 0.25) is 11.3 Å². The lowest BCUT2D eigenvalue weighted by Crippen LogP contribution is -2.49. The Morgan fingerprint density at radius 2 is 1.37 bits per heavy atom. The number of nitrogens with one attached hydrogen (secondary N) is 2. The van der Waals surface area contributed by atoms with Gasteiger partial charge in [0.25, 0.3) is 6.10 Å².